The smallest absolute Gasteiger partial charge is 0.355 e. The number of benzene rings is 1. The van der Waals surface area contributed by atoms with E-state index in [0.29, 0.717) is 29.7 Å². The summed E-state index contributed by atoms with van der Waals surface area (Å²) in [5.74, 6) is 2.06. The van der Waals surface area contributed by atoms with Crippen molar-refractivity contribution in [3.8, 4) is 5.69 Å². The Kier molecular flexibility index (Phi) is 5.96. The monoisotopic (exact) mass is 474 g/mol. The number of alkyl halides is 3. The molecule has 1 saturated heterocycles. The summed E-state index contributed by atoms with van der Waals surface area (Å²) in [5, 5.41) is 4.88. The van der Waals surface area contributed by atoms with Crippen molar-refractivity contribution >= 4 is 18.0 Å². The Bertz CT molecular complexity index is 1150. The molecule has 0 atom stereocenters. The SMILES string of the molecule is FC(F)(F)c1ccc(N2CCCN(Cn3nc(C4CC4)n(-c4ccccc4)c3=S)CC2)nc1. The third-order valence-corrected chi connectivity index (χ3v) is 6.54. The summed E-state index contributed by atoms with van der Waals surface area (Å²) in [6, 6.07) is 12.7. The highest BCUT2D eigenvalue weighted by Gasteiger charge is 2.32. The van der Waals surface area contributed by atoms with Crippen LogP contribution in [0.1, 0.15) is 36.6 Å². The number of aromatic nitrogens is 4. The van der Waals surface area contributed by atoms with Gasteiger partial charge >= 0.3 is 6.18 Å². The molecule has 3 aromatic rings. The van der Waals surface area contributed by atoms with Gasteiger partial charge < -0.3 is 4.90 Å². The van der Waals surface area contributed by atoms with E-state index < -0.39 is 11.7 Å². The summed E-state index contributed by atoms with van der Waals surface area (Å²) < 4.78 is 43.2. The Balaban J connectivity index is 1.30. The van der Waals surface area contributed by atoms with E-state index in [1.807, 2.05) is 27.8 Å². The average molecular weight is 475 g/mol. The molecule has 0 unspecified atom stereocenters. The van der Waals surface area contributed by atoms with Gasteiger partial charge in [0, 0.05) is 44.0 Å². The molecule has 33 heavy (non-hydrogen) atoms. The lowest BCUT2D eigenvalue weighted by molar-refractivity contribution is -0.137. The number of anilines is 1. The molecule has 0 amide bonds. The standard InChI is InChI=1S/C23H25F3N6S/c24-23(25,26)18-9-10-20(27-15-18)30-12-4-11-29(13-14-30)16-31-22(33)32(19-5-2-1-3-6-19)21(28-31)17-7-8-17/h1-3,5-6,9-10,15,17H,4,7-8,11-14,16H2. The van der Waals surface area contributed by atoms with Gasteiger partial charge in [0.15, 0.2) is 0 Å². The quantitative estimate of drug-likeness (QED) is 0.494. The minimum atomic E-state index is -4.37. The van der Waals surface area contributed by atoms with Crippen LogP contribution in [0.4, 0.5) is 19.0 Å². The third-order valence-electron chi connectivity index (χ3n) is 6.14. The molecule has 1 aromatic carbocycles. The van der Waals surface area contributed by atoms with Crippen LogP contribution in [0.5, 0.6) is 0 Å². The maximum atomic E-state index is 12.8. The molecule has 0 radical (unpaired) electrons. The van der Waals surface area contributed by atoms with Crippen LogP contribution in [-0.2, 0) is 12.8 Å². The van der Waals surface area contributed by atoms with Gasteiger partial charge in [-0.25, -0.2) is 9.67 Å². The first-order chi connectivity index (χ1) is 15.9. The van der Waals surface area contributed by atoms with E-state index in [0.717, 1.165) is 62.7 Å². The van der Waals surface area contributed by atoms with Crippen molar-refractivity contribution in [2.24, 2.45) is 0 Å². The van der Waals surface area contributed by atoms with E-state index >= 15 is 0 Å². The minimum Gasteiger partial charge on any atom is -0.355 e. The van der Waals surface area contributed by atoms with Crippen molar-refractivity contribution in [3.63, 3.8) is 0 Å². The predicted octanol–water partition coefficient (Wildman–Crippen LogP) is 4.86. The van der Waals surface area contributed by atoms with Crippen molar-refractivity contribution in [1.29, 1.82) is 0 Å². The molecule has 6 nitrogen and oxygen atoms in total. The first-order valence-electron chi connectivity index (χ1n) is 11.2. The molecule has 0 spiro atoms. The molecule has 0 N–H and O–H groups in total. The van der Waals surface area contributed by atoms with E-state index in [1.165, 1.54) is 6.07 Å². The molecule has 174 valence electrons. The number of hydrogen-bond donors (Lipinski definition) is 0. The largest absolute Gasteiger partial charge is 0.417 e. The van der Waals surface area contributed by atoms with E-state index in [2.05, 4.69) is 26.6 Å². The molecule has 2 aromatic heterocycles. The van der Waals surface area contributed by atoms with Crippen molar-refractivity contribution in [3.05, 3.63) is 64.8 Å². The maximum Gasteiger partial charge on any atom is 0.417 e. The van der Waals surface area contributed by atoms with Crippen LogP contribution in [0.2, 0.25) is 0 Å². The second kappa shape index (κ2) is 8.90. The minimum absolute atomic E-state index is 0.457. The van der Waals surface area contributed by atoms with Gasteiger partial charge in [-0.15, -0.1) is 0 Å². The Morgan fingerprint density at radius 2 is 1.76 bits per heavy atom. The number of nitrogens with zero attached hydrogens (tertiary/aromatic N) is 6. The number of rotatable bonds is 5. The van der Waals surface area contributed by atoms with Crippen LogP contribution in [0, 0.1) is 4.77 Å². The van der Waals surface area contributed by atoms with Crippen LogP contribution in [0.25, 0.3) is 5.69 Å². The van der Waals surface area contributed by atoms with Gasteiger partial charge in [0.05, 0.1) is 12.2 Å². The molecule has 0 bridgehead atoms. The van der Waals surface area contributed by atoms with E-state index in [4.69, 9.17) is 17.3 Å². The van der Waals surface area contributed by atoms with Gasteiger partial charge in [-0.2, -0.15) is 18.3 Å². The molecule has 10 heteroatoms. The normalized spacial score (nSPS) is 17.8. The fourth-order valence-corrected chi connectivity index (χ4v) is 4.51. The molecule has 5 rings (SSSR count). The topological polar surface area (TPSA) is 42.1 Å². The van der Waals surface area contributed by atoms with Crippen LogP contribution < -0.4 is 4.90 Å². The number of para-hydroxylation sites is 1. The van der Waals surface area contributed by atoms with Gasteiger partial charge in [0.2, 0.25) is 4.77 Å². The molecule has 3 heterocycles. The summed E-state index contributed by atoms with van der Waals surface area (Å²) in [5.41, 5.74) is 0.309. The highest BCUT2D eigenvalue weighted by Crippen LogP contribution is 2.40. The second-order valence-corrected chi connectivity index (χ2v) is 8.95. The van der Waals surface area contributed by atoms with Crippen molar-refractivity contribution in [2.45, 2.75) is 38.0 Å². The molecular formula is C23H25F3N6S. The number of pyridine rings is 1. The van der Waals surface area contributed by atoms with Crippen molar-refractivity contribution < 1.29 is 13.2 Å². The van der Waals surface area contributed by atoms with Crippen LogP contribution in [0.15, 0.2) is 48.7 Å². The highest BCUT2D eigenvalue weighted by atomic mass is 32.1. The fourth-order valence-electron chi connectivity index (χ4n) is 4.21. The Hall–Kier alpha value is -2.72. The van der Waals surface area contributed by atoms with Gasteiger partial charge in [-0.1, -0.05) is 18.2 Å². The first-order valence-corrected chi connectivity index (χ1v) is 11.6. The summed E-state index contributed by atoms with van der Waals surface area (Å²) >= 11 is 5.81. The number of halogens is 3. The molecule has 1 saturated carbocycles. The van der Waals surface area contributed by atoms with Crippen molar-refractivity contribution in [2.75, 3.05) is 31.1 Å². The second-order valence-electron chi connectivity index (χ2n) is 8.59. The molecule has 2 aliphatic rings. The van der Waals surface area contributed by atoms with E-state index in [9.17, 15) is 13.2 Å². The summed E-state index contributed by atoms with van der Waals surface area (Å²) in [7, 11) is 0. The zero-order chi connectivity index (χ0) is 23.0. The Morgan fingerprint density at radius 3 is 2.42 bits per heavy atom. The van der Waals surface area contributed by atoms with Gasteiger partial charge in [-0.05, 0) is 55.7 Å². The molecule has 2 fully saturated rings. The average Bonchev–Trinajstić information content (AvgIpc) is 3.62. The molecular weight excluding hydrogens is 449 g/mol. The maximum absolute atomic E-state index is 12.8. The molecule has 1 aliphatic carbocycles. The van der Waals surface area contributed by atoms with Crippen molar-refractivity contribution in [1.82, 2.24) is 24.2 Å². The predicted molar refractivity (Wildman–Crippen MR) is 122 cm³/mol. The lowest BCUT2D eigenvalue weighted by atomic mass is 10.2. The van der Waals surface area contributed by atoms with Crippen LogP contribution in [0.3, 0.4) is 0 Å². The third kappa shape index (κ3) is 4.81. The van der Waals surface area contributed by atoms with Gasteiger partial charge in [0.25, 0.3) is 0 Å². The van der Waals surface area contributed by atoms with Gasteiger partial charge in [-0.3, -0.25) is 9.47 Å². The molecule has 1 aliphatic heterocycles. The first kappa shape index (κ1) is 22.1. The lowest BCUT2D eigenvalue weighted by Crippen LogP contribution is -2.32. The zero-order valence-corrected chi connectivity index (χ0v) is 18.9. The fraction of sp³-hybridized carbons (Fsp3) is 0.435. The zero-order valence-electron chi connectivity index (χ0n) is 18.1. The van der Waals surface area contributed by atoms with Crippen LogP contribution >= 0.6 is 12.2 Å². The van der Waals surface area contributed by atoms with Crippen LogP contribution in [-0.4, -0.2) is 50.4 Å². The highest BCUT2D eigenvalue weighted by molar-refractivity contribution is 7.71. The summed E-state index contributed by atoms with van der Waals surface area (Å²) in [4.78, 5) is 8.39. The summed E-state index contributed by atoms with van der Waals surface area (Å²) in [6.07, 6.45) is -0.310. The Labute approximate surface area is 195 Å². The summed E-state index contributed by atoms with van der Waals surface area (Å²) in [6.45, 7) is 3.62. The van der Waals surface area contributed by atoms with E-state index in [1.54, 1.807) is 0 Å². The number of hydrogen-bond acceptors (Lipinski definition) is 5. The lowest BCUT2D eigenvalue weighted by Gasteiger charge is -2.23. The van der Waals surface area contributed by atoms with Gasteiger partial charge in [0.1, 0.15) is 11.6 Å². The Morgan fingerprint density at radius 1 is 0.970 bits per heavy atom. The van der Waals surface area contributed by atoms with E-state index in [-0.39, 0.29) is 0 Å².